The predicted octanol–water partition coefficient (Wildman–Crippen LogP) is 2.67. The van der Waals surface area contributed by atoms with E-state index in [1.54, 1.807) is 7.05 Å². The first-order valence-electron chi connectivity index (χ1n) is 5.36. The topological polar surface area (TPSA) is 66.9 Å². The number of rotatable bonds is 3. The molecule has 1 aromatic heterocycles. The van der Waals surface area contributed by atoms with E-state index in [1.807, 2.05) is 0 Å². The molecule has 0 atom stereocenters. The zero-order valence-corrected chi connectivity index (χ0v) is 11.5. The van der Waals surface area contributed by atoms with Gasteiger partial charge in [-0.25, -0.2) is 9.37 Å². The Kier molecular flexibility index (Phi) is 4.06. The van der Waals surface area contributed by atoms with Crippen LogP contribution >= 0.6 is 15.9 Å². The summed E-state index contributed by atoms with van der Waals surface area (Å²) in [6.07, 6.45) is 2.83. The zero-order chi connectivity index (χ0) is 13.8. The van der Waals surface area contributed by atoms with E-state index in [2.05, 4.69) is 36.5 Å². The Balaban J connectivity index is 2.22. The summed E-state index contributed by atoms with van der Waals surface area (Å²) in [6, 6.07) is 4.03. The Labute approximate surface area is 117 Å². The molecule has 1 aromatic carbocycles. The molecule has 0 saturated carbocycles. The van der Waals surface area contributed by atoms with E-state index in [-0.39, 0.29) is 5.69 Å². The highest BCUT2D eigenvalue weighted by Crippen LogP contribution is 2.23. The summed E-state index contributed by atoms with van der Waals surface area (Å²) in [6.45, 7) is 0. The number of amides is 1. The smallest absolute Gasteiger partial charge is 0.275 e. The van der Waals surface area contributed by atoms with Crippen LogP contribution in [-0.4, -0.2) is 22.9 Å². The minimum absolute atomic E-state index is 0.142. The number of hydrogen-bond acceptors (Lipinski definition) is 4. The van der Waals surface area contributed by atoms with Gasteiger partial charge in [0.05, 0.1) is 18.1 Å². The number of anilines is 2. The summed E-state index contributed by atoms with van der Waals surface area (Å²) in [5.41, 5.74) is 0.477. The number of aromatic nitrogens is 2. The summed E-state index contributed by atoms with van der Waals surface area (Å²) in [7, 11) is 1.68. The lowest BCUT2D eigenvalue weighted by Gasteiger charge is -2.07. The monoisotopic (exact) mass is 324 g/mol. The van der Waals surface area contributed by atoms with Crippen molar-refractivity contribution in [1.82, 2.24) is 9.97 Å². The molecule has 2 rings (SSSR count). The quantitative estimate of drug-likeness (QED) is 0.910. The molecule has 1 amide bonds. The van der Waals surface area contributed by atoms with E-state index in [0.717, 1.165) is 0 Å². The fraction of sp³-hybridized carbons (Fsp3) is 0.0833. The zero-order valence-electron chi connectivity index (χ0n) is 9.95. The van der Waals surface area contributed by atoms with Crippen LogP contribution in [0.3, 0.4) is 0 Å². The molecule has 5 nitrogen and oxygen atoms in total. The first-order chi connectivity index (χ1) is 9.10. The van der Waals surface area contributed by atoms with E-state index < -0.39 is 11.7 Å². The van der Waals surface area contributed by atoms with Crippen LogP contribution in [0.1, 0.15) is 10.5 Å². The summed E-state index contributed by atoms with van der Waals surface area (Å²) in [5.74, 6) is -0.421. The third kappa shape index (κ3) is 3.25. The maximum atomic E-state index is 13.1. The Morgan fingerprint density at radius 2 is 2.16 bits per heavy atom. The molecule has 98 valence electrons. The third-order valence-corrected chi connectivity index (χ3v) is 2.99. The summed E-state index contributed by atoms with van der Waals surface area (Å²) in [5, 5.41) is 5.35. The SMILES string of the molecule is CNc1cncc(C(=O)Nc2cc(F)ccc2Br)n1. The second-order valence-corrected chi connectivity index (χ2v) is 4.47. The van der Waals surface area contributed by atoms with E-state index >= 15 is 0 Å². The molecule has 7 heteroatoms. The van der Waals surface area contributed by atoms with Gasteiger partial charge in [-0.05, 0) is 34.1 Å². The molecule has 0 aliphatic rings. The van der Waals surface area contributed by atoms with Gasteiger partial charge >= 0.3 is 0 Å². The van der Waals surface area contributed by atoms with Crippen molar-refractivity contribution in [3.8, 4) is 0 Å². The van der Waals surface area contributed by atoms with Gasteiger partial charge in [0.25, 0.3) is 5.91 Å². The van der Waals surface area contributed by atoms with Crippen molar-refractivity contribution in [1.29, 1.82) is 0 Å². The molecule has 0 spiro atoms. The number of nitrogens with one attached hydrogen (secondary N) is 2. The molecule has 19 heavy (non-hydrogen) atoms. The fourth-order valence-electron chi connectivity index (χ4n) is 1.38. The van der Waals surface area contributed by atoms with Crippen LogP contribution in [0.4, 0.5) is 15.9 Å². The van der Waals surface area contributed by atoms with Gasteiger partial charge in [-0.3, -0.25) is 9.78 Å². The molecule has 0 fully saturated rings. The average molecular weight is 325 g/mol. The second-order valence-electron chi connectivity index (χ2n) is 3.62. The van der Waals surface area contributed by atoms with Crippen molar-refractivity contribution < 1.29 is 9.18 Å². The second kappa shape index (κ2) is 5.75. The molecule has 2 N–H and O–H groups in total. The third-order valence-electron chi connectivity index (χ3n) is 2.30. The largest absolute Gasteiger partial charge is 0.372 e. The van der Waals surface area contributed by atoms with Gasteiger partial charge in [-0.2, -0.15) is 0 Å². The summed E-state index contributed by atoms with van der Waals surface area (Å²) < 4.78 is 13.7. The van der Waals surface area contributed by atoms with E-state index in [9.17, 15) is 9.18 Å². The van der Waals surface area contributed by atoms with Crippen molar-refractivity contribution in [2.45, 2.75) is 0 Å². The molecule has 0 saturated heterocycles. The van der Waals surface area contributed by atoms with Crippen molar-refractivity contribution in [3.05, 3.63) is 46.6 Å². The lowest BCUT2D eigenvalue weighted by Crippen LogP contribution is -2.15. The fourth-order valence-corrected chi connectivity index (χ4v) is 1.72. The minimum atomic E-state index is -0.462. The van der Waals surface area contributed by atoms with E-state index in [1.165, 1.54) is 30.6 Å². The molecule has 2 aromatic rings. The Bertz CT molecular complexity index is 620. The highest BCUT2D eigenvalue weighted by atomic mass is 79.9. The van der Waals surface area contributed by atoms with Crippen LogP contribution < -0.4 is 10.6 Å². The number of carbonyl (C=O) groups excluding carboxylic acids is 1. The average Bonchev–Trinajstić information content (AvgIpc) is 2.43. The van der Waals surface area contributed by atoms with Gasteiger partial charge in [0.15, 0.2) is 0 Å². The normalized spacial score (nSPS) is 10.1. The van der Waals surface area contributed by atoms with E-state index in [4.69, 9.17) is 0 Å². The van der Waals surface area contributed by atoms with Crippen molar-refractivity contribution in [2.75, 3.05) is 17.7 Å². The Morgan fingerprint density at radius 3 is 2.89 bits per heavy atom. The molecular weight excluding hydrogens is 315 g/mol. The molecule has 1 heterocycles. The highest BCUT2D eigenvalue weighted by Gasteiger charge is 2.11. The van der Waals surface area contributed by atoms with Crippen LogP contribution in [0.25, 0.3) is 0 Å². The van der Waals surface area contributed by atoms with Crippen LogP contribution in [0.5, 0.6) is 0 Å². The number of benzene rings is 1. The van der Waals surface area contributed by atoms with Crippen LogP contribution in [0, 0.1) is 5.82 Å². The molecule has 0 aliphatic carbocycles. The minimum Gasteiger partial charge on any atom is -0.372 e. The van der Waals surface area contributed by atoms with E-state index in [0.29, 0.717) is 16.0 Å². The van der Waals surface area contributed by atoms with Gasteiger partial charge in [0.1, 0.15) is 17.3 Å². The van der Waals surface area contributed by atoms with Gasteiger partial charge in [0, 0.05) is 11.5 Å². The number of halogens is 2. The Hall–Kier alpha value is -2.02. The summed E-state index contributed by atoms with van der Waals surface area (Å²) in [4.78, 5) is 19.9. The molecule has 0 aliphatic heterocycles. The van der Waals surface area contributed by atoms with Crippen LogP contribution in [-0.2, 0) is 0 Å². The first kappa shape index (κ1) is 13.4. The van der Waals surface area contributed by atoms with Gasteiger partial charge in [0.2, 0.25) is 0 Å². The van der Waals surface area contributed by atoms with Crippen LogP contribution in [0.15, 0.2) is 35.1 Å². The first-order valence-corrected chi connectivity index (χ1v) is 6.15. The number of carbonyl (C=O) groups is 1. The lowest BCUT2D eigenvalue weighted by atomic mass is 10.3. The maximum absolute atomic E-state index is 13.1. The maximum Gasteiger partial charge on any atom is 0.275 e. The lowest BCUT2D eigenvalue weighted by molar-refractivity contribution is 0.102. The van der Waals surface area contributed by atoms with Crippen molar-refractivity contribution in [2.24, 2.45) is 0 Å². The Morgan fingerprint density at radius 1 is 1.37 bits per heavy atom. The van der Waals surface area contributed by atoms with Gasteiger partial charge in [-0.1, -0.05) is 0 Å². The number of nitrogens with zero attached hydrogens (tertiary/aromatic N) is 2. The molecule has 0 radical (unpaired) electrons. The summed E-state index contributed by atoms with van der Waals surface area (Å²) >= 11 is 3.23. The predicted molar refractivity (Wildman–Crippen MR) is 73.6 cm³/mol. The number of hydrogen-bond donors (Lipinski definition) is 2. The highest BCUT2D eigenvalue weighted by molar-refractivity contribution is 9.10. The van der Waals surface area contributed by atoms with Crippen LogP contribution in [0.2, 0.25) is 0 Å². The molecule has 0 unspecified atom stereocenters. The standard InChI is InChI=1S/C12H10BrFN4O/c1-15-11-6-16-5-10(17-11)12(19)18-9-4-7(14)2-3-8(9)13/h2-6H,1H3,(H,15,17)(H,18,19). The molecule has 0 bridgehead atoms. The van der Waals surface area contributed by atoms with Gasteiger partial charge < -0.3 is 10.6 Å². The van der Waals surface area contributed by atoms with Crippen molar-refractivity contribution >= 4 is 33.3 Å². The van der Waals surface area contributed by atoms with Gasteiger partial charge in [-0.15, -0.1) is 0 Å². The van der Waals surface area contributed by atoms with Crippen molar-refractivity contribution in [3.63, 3.8) is 0 Å². The molecular formula is C12H10BrFN4O.